The number of nitrogens with one attached hydrogen (secondary N) is 1. The summed E-state index contributed by atoms with van der Waals surface area (Å²) in [7, 11) is 1.37. The predicted molar refractivity (Wildman–Crippen MR) is 98.4 cm³/mol. The Morgan fingerprint density at radius 1 is 1.12 bits per heavy atom. The molecule has 26 heavy (non-hydrogen) atoms. The molecule has 0 bridgehead atoms. The van der Waals surface area contributed by atoms with E-state index in [4.69, 9.17) is 8.19 Å². The van der Waals surface area contributed by atoms with Crippen molar-refractivity contribution < 1.29 is 31.4 Å². The Kier molecular flexibility index (Phi) is 8.10. The average Bonchev–Trinajstić information content (AvgIpc) is 2.58. The van der Waals surface area contributed by atoms with Gasteiger partial charge in [-0.25, -0.2) is 4.79 Å². The molecule has 0 aliphatic heterocycles. The summed E-state index contributed by atoms with van der Waals surface area (Å²) in [5.74, 6) is -1.23. The fourth-order valence-electron chi connectivity index (χ4n) is 1.79. The first kappa shape index (κ1) is 22.0. The molecular formula is C16H17AsBrNO7. The Morgan fingerprint density at radius 2 is 1.69 bits per heavy atom. The van der Waals surface area contributed by atoms with Gasteiger partial charge in [0.1, 0.15) is 0 Å². The molecule has 0 aromatic heterocycles. The Balaban J connectivity index is 0.000000289. The molecule has 0 heterocycles. The number of methoxy groups -OCH3 is 1. The van der Waals surface area contributed by atoms with Crippen LogP contribution >= 0.6 is 15.9 Å². The van der Waals surface area contributed by atoms with E-state index in [1.165, 1.54) is 20.1 Å². The summed E-state index contributed by atoms with van der Waals surface area (Å²) in [5, 5.41) is 11.8. The van der Waals surface area contributed by atoms with E-state index in [9.17, 15) is 18.4 Å². The number of ether oxygens (including phenoxy) is 1. The van der Waals surface area contributed by atoms with Crippen LogP contribution in [0.1, 0.15) is 17.3 Å². The zero-order chi connectivity index (χ0) is 19.9. The summed E-state index contributed by atoms with van der Waals surface area (Å²) in [6.07, 6.45) is 0. The quantitative estimate of drug-likeness (QED) is 0.288. The molecule has 2 rings (SSSR count). The standard InChI is InChI=1S/C8H9AsBrNO5.C8H8O2/c1-4(12)11-7-5(9(14,15)16)2-3-6(10)8(7)13;1-10-8(9)7-5-3-2-4-6-7/h2-3,13H,1H3,(H,11,12)(H2,14,15,16);2-6H,1H3. The fourth-order valence-corrected chi connectivity index (χ4v) is 3.63. The number of aromatic hydroxyl groups is 1. The zero-order valence-electron chi connectivity index (χ0n) is 13.8. The van der Waals surface area contributed by atoms with Gasteiger partial charge in [-0.1, -0.05) is 18.2 Å². The van der Waals surface area contributed by atoms with E-state index >= 15 is 0 Å². The van der Waals surface area contributed by atoms with Crippen LogP contribution in [0.3, 0.4) is 0 Å². The Morgan fingerprint density at radius 3 is 2.15 bits per heavy atom. The molecule has 140 valence electrons. The maximum Gasteiger partial charge on any atom is 0.337 e. The van der Waals surface area contributed by atoms with E-state index in [1.807, 2.05) is 6.07 Å². The number of hydrogen-bond acceptors (Lipinski definition) is 5. The first-order valence-corrected chi connectivity index (χ1v) is 11.2. The van der Waals surface area contributed by atoms with Crippen LogP contribution in [-0.4, -0.2) is 46.5 Å². The van der Waals surface area contributed by atoms with Crippen molar-refractivity contribution in [3.8, 4) is 5.75 Å². The van der Waals surface area contributed by atoms with Crippen molar-refractivity contribution in [2.75, 3.05) is 12.4 Å². The Bertz CT molecular complexity index is 836. The van der Waals surface area contributed by atoms with Gasteiger partial charge in [-0.05, 0) is 12.1 Å². The molecule has 0 radical (unpaired) electrons. The van der Waals surface area contributed by atoms with Crippen molar-refractivity contribution in [3.63, 3.8) is 0 Å². The molecular weight excluding hydrogens is 473 g/mol. The number of carbonyl (C=O) groups excluding carboxylic acids is 2. The minimum atomic E-state index is -5.19. The largest absolute Gasteiger partial charge is 0.465 e. The third-order valence-electron chi connectivity index (χ3n) is 2.92. The molecule has 0 spiro atoms. The van der Waals surface area contributed by atoms with Gasteiger partial charge in [0.25, 0.3) is 0 Å². The number of phenols is 1. The summed E-state index contributed by atoms with van der Waals surface area (Å²) >= 11 is -2.20. The van der Waals surface area contributed by atoms with E-state index < -0.39 is 25.8 Å². The van der Waals surface area contributed by atoms with Gasteiger partial charge in [-0.2, -0.15) is 0 Å². The number of hydrogen-bond donors (Lipinski definition) is 4. The van der Waals surface area contributed by atoms with E-state index in [0.717, 1.165) is 6.07 Å². The van der Waals surface area contributed by atoms with Gasteiger partial charge in [0, 0.05) is 0 Å². The average molecular weight is 490 g/mol. The molecule has 10 heteroatoms. The van der Waals surface area contributed by atoms with Gasteiger partial charge >= 0.3 is 108 Å². The topological polar surface area (TPSA) is 133 Å². The maximum atomic E-state index is 11.2. The molecule has 0 aliphatic rings. The van der Waals surface area contributed by atoms with E-state index in [1.54, 1.807) is 24.3 Å². The van der Waals surface area contributed by atoms with Crippen LogP contribution in [0.2, 0.25) is 0 Å². The van der Waals surface area contributed by atoms with Gasteiger partial charge in [0.05, 0.1) is 12.7 Å². The van der Waals surface area contributed by atoms with Crippen molar-refractivity contribution in [2.45, 2.75) is 6.92 Å². The van der Waals surface area contributed by atoms with Crippen molar-refractivity contribution in [2.24, 2.45) is 0 Å². The van der Waals surface area contributed by atoms with E-state index in [2.05, 4.69) is 26.0 Å². The summed E-state index contributed by atoms with van der Waals surface area (Å²) < 4.78 is 33.7. The van der Waals surface area contributed by atoms with E-state index in [-0.39, 0.29) is 20.5 Å². The number of halogens is 1. The molecule has 8 nitrogen and oxygen atoms in total. The van der Waals surface area contributed by atoms with Gasteiger partial charge in [0.2, 0.25) is 0 Å². The van der Waals surface area contributed by atoms with Gasteiger partial charge in [-0.15, -0.1) is 0 Å². The molecule has 1 amide bonds. The maximum absolute atomic E-state index is 11.2. The minimum absolute atomic E-state index is 0.240. The van der Waals surface area contributed by atoms with Crippen LogP contribution in [0.5, 0.6) is 5.75 Å². The van der Waals surface area contributed by atoms with Crippen LogP contribution in [0.15, 0.2) is 46.9 Å². The van der Waals surface area contributed by atoms with Crippen LogP contribution in [0.4, 0.5) is 5.69 Å². The number of benzene rings is 2. The predicted octanol–water partition coefficient (Wildman–Crippen LogP) is 1.15. The van der Waals surface area contributed by atoms with Gasteiger partial charge in [0.15, 0.2) is 0 Å². The third kappa shape index (κ3) is 6.34. The smallest absolute Gasteiger partial charge is 0.337 e. The third-order valence-corrected chi connectivity index (χ3v) is 5.66. The molecule has 0 fully saturated rings. The minimum Gasteiger partial charge on any atom is -0.465 e. The van der Waals surface area contributed by atoms with Crippen molar-refractivity contribution in [1.82, 2.24) is 0 Å². The molecule has 2 aromatic carbocycles. The van der Waals surface area contributed by atoms with Gasteiger partial charge in [-0.3, -0.25) is 0 Å². The molecule has 0 saturated heterocycles. The van der Waals surface area contributed by atoms with E-state index in [0.29, 0.717) is 5.56 Å². The second-order valence-electron chi connectivity index (χ2n) is 4.87. The molecule has 0 saturated carbocycles. The summed E-state index contributed by atoms with van der Waals surface area (Å²) in [4.78, 5) is 21.7. The zero-order valence-corrected chi connectivity index (χ0v) is 17.3. The number of anilines is 1. The molecule has 0 atom stereocenters. The number of rotatable bonds is 3. The number of phenolic OH excluding ortho intramolecular Hbond substituents is 1. The Hall–Kier alpha value is -2.06. The van der Waals surface area contributed by atoms with Crippen molar-refractivity contribution in [3.05, 3.63) is 52.5 Å². The summed E-state index contributed by atoms with van der Waals surface area (Å²) in [6, 6.07) is 11.3. The van der Waals surface area contributed by atoms with Crippen LogP contribution < -0.4 is 9.67 Å². The number of carbonyl (C=O) groups is 2. The Labute approximate surface area is 160 Å². The first-order chi connectivity index (χ1) is 12.1. The summed E-state index contributed by atoms with van der Waals surface area (Å²) in [5.41, 5.74) is 0.333. The number of amides is 1. The summed E-state index contributed by atoms with van der Waals surface area (Å²) in [6.45, 7) is 1.18. The normalized spacial score (nSPS) is 10.3. The van der Waals surface area contributed by atoms with Crippen LogP contribution in [-0.2, 0) is 13.3 Å². The first-order valence-electron chi connectivity index (χ1n) is 7.06. The molecule has 0 unspecified atom stereocenters. The van der Waals surface area contributed by atoms with Crippen molar-refractivity contribution in [1.29, 1.82) is 0 Å². The second kappa shape index (κ2) is 9.58. The fraction of sp³-hybridized carbons (Fsp3) is 0.125. The molecule has 4 N–H and O–H groups in total. The molecule has 2 aromatic rings. The second-order valence-corrected chi connectivity index (χ2v) is 9.02. The monoisotopic (exact) mass is 489 g/mol. The SMILES string of the molecule is CC(=O)Nc1c([As](=O)(O)O)ccc(Br)c1O.COC(=O)c1ccccc1. The van der Waals surface area contributed by atoms with Crippen LogP contribution in [0.25, 0.3) is 0 Å². The van der Waals surface area contributed by atoms with Crippen molar-refractivity contribution >= 4 is 52.0 Å². The van der Waals surface area contributed by atoms with Crippen LogP contribution in [0, 0.1) is 0 Å². The number of esters is 1. The molecule has 0 aliphatic carbocycles. The van der Waals surface area contributed by atoms with Gasteiger partial charge < -0.3 is 4.74 Å².